The van der Waals surface area contributed by atoms with E-state index in [2.05, 4.69) is 10.5 Å². The fraction of sp³-hybridized carbons (Fsp3) is 0.300. The summed E-state index contributed by atoms with van der Waals surface area (Å²) in [6.45, 7) is 1.59. The molecule has 1 aliphatic rings. The van der Waals surface area contributed by atoms with Crippen LogP contribution in [-0.4, -0.2) is 46.1 Å². The van der Waals surface area contributed by atoms with Gasteiger partial charge in [-0.05, 0) is 43.3 Å². The number of carbonyl (C=O) groups is 1. The molecule has 0 fully saturated rings. The van der Waals surface area contributed by atoms with Crippen LogP contribution in [0.5, 0.6) is 11.5 Å². The van der Waals surface area contributed by atoms with Gasteiger partial charge >= 0.3 is 6.18 Å². The number of hydrogen-bond donors (Lipinski definition) is 1. The predicted molar refractivity (Wildman–Crippen MR) is 116 cm³/mol. The van der Waals surface area contributed by atoms with Gasteiger partial charge in [0.25, 0.3) is 5.91 Å². The molecular weight excluding hydrogens is 487 g/mol. The Labute approximate surface area is 193 Å². The van der Waals surface area contributed by atoms with Gasteiger partial charge < -0.3 is 9.47 Å². The van der Waals surface area contributed by atoms with E-state index in [4.69, 9.17) is 21.1 Å². The topological polar surface area (TPSA) is 97.3 Å². The molecule has 33 heavy (non-hydrogen) atoms. The molecule has 2 aromatic rings. The number of nitrogens with zero attached hydrogens (tertiary/aromatic N) is 2. The van der Waals surface area contributed by atoms with E-state index < -0.39 is 39.9 Å². The molecule has 0 radical (unpaired) electrons. The number of halogens is 4. The van der Waals surface area contributed by atoms with Crippen LogP contribution in [0.3, 0.4) is 0 Å². The van der Waals surface area contributed by atoms with Crippen LogP contribution in [0, 0.1) is 0 Å². The van der Waals surface area contributed by atoms with Crippen molar-refractivity contribution in [3.63, 3.8) is 0 Å². The molecule has 0 bridgehead atoms. The summed E-state index contributed by atoms with van der Waals surface area (Å²) < 4.78 is 75.1. The number of rotatable bonds is 6. The van der Waals surface area contributed by atoms with Gasteiger partial charge in [-0.2, -0.15) is 18.3 Å². The molecule has 0 saturated carbocycles. The van der Waals surface area contributed by atoms with Crippen molar-refractivity contribution in [1.29, 1.82) is 0 Å². The third kappa shape index (κ3) is 6.08. The number of nitrogens with one attached hydrogen (secondary N) is 1. The van der Waals surface area contributed by atoms with Crippen LogP contribution in [-0.2, 0) is 21.0 Å². The number of anilines is 1. The first-order chi connectivity index (χ1) is 15.4. The van der Waals surface area contributed by atoms with Crippen LogP contribution < -0.4 is 19.2 Å². The Kier molecular flexibility index (Phi) is 7.08. The summed E-state index contributed by atoms with van der Waals surface area (Å²) in [5, 5.41) is 3.67. The zero-order valence-electron chi connectivity index (χ0n) is 17.4. The van der Waals surface area contributed by atoms with E-state index in [1.54, 1.807) is 25.1 Å². The van der Waals surface area contributed by atoms with Gasteiger partial charge in [0.15, 0.2) is 11.5 Å². The van der Waals surface area contributed by atoms with Crippen LogP contribution in [0.25, 0.3) is 0 Å². The quantitative estimate of drug-likeness (QED) is 0.479. The van der Waals surface area contributed by atoms with Gasteiger partial charge in [-0.3, -0.25) is 9.10 Å². The number of ether oxygens (including phenoxy) is 2. The molecule has 2 aromatic carbocycles. The predicted octanol–water partition coefficient (Wildman–Crippen LogP) is 3.44. The number of alkyl halides is 3. The maximum atomic E-state index is 13.1. The average Bonchev–Trinajstić information content (AvgIpc) is 2.74. The standard InChI is InChI=1S/C20H19ClF3N3O5S/c1-12(13-3-6-17-18(9-13)32-8-7-31-17)25-26-19(28)11-27(33(2,29)30)16-10-14(20(22,23)24)4-5-15(16)21/h3-6,9-10H,7-8,11H2,1-2H3,(H,26,28)/b25-12-. The Hall–Kier alpha value is -2.99. The van der Waals surface area contributed by atoms with E-state index >= 15 is 0 Å². The minimum atomic E-state index is -4.73. The summed E-state index contributed by atoms with van der Waals surface area (Å²) in [4.78, 5) is 12.4. The Bertz CT molecular complexity index is 1200. The summed E-state index contributed by atoms with van der Waals surface area (Å²) in [7, 11) is -4.16. The first-order valence-corrected chi connectivity index (χ1v) is 11.7. The van der Waals surface area contributed by atoms with E-state index in [0.717, 1.165) is 12.3 Å². The van der Waals surface area contributed by atoms with E-state index in [9.17, 15) is 26.4 Å². The lowest BCUT2D eigenvalue weighted by atomic mass is 10.1. The number of sulfonamides is 1. The molecular formula is C20H19ClF3N3O5S. The zero-order valence-corrected chi connectivity index (χ0v) is 19.0. The summed E-state index contributed by atoms with van der Waals surface area (Å²) >= 11 is 5.94. The Balaban J connectivity index is 1.79. The second-order valence-electron chi connectivity index (χ2n) is 7.02. The smallest absolute Gasteiger partial charge is 0.416 e. The van der Waals surface area contributed by atoms with E-state index in [1.807, 2.05) is 0 Å². The molecule has 0 aliphatic carbocycles. The molecule has 1 heterocycles. The van der Waals surface area contributed by atoms with Crippen molar-refractivity contribution >= 4 is 38.9 Å². The molecule has 0 aromatic heterocycles. The van der Waals surface area contributed by atoms with Gasteiger partial charge in [0.05, 0.1) is 28.2 Å². The van der Waals surface area contributed by atoms with Crippen molar-refractivity contribution in [2.75, 3.05) is 30.3 Å². The van der Waals surface area contributed by atoms with E-state index in [-0.39, 0.29) is 5.02 Å². The molecule has 0 spiro atoms. The number of hydrazone groups is 1. The molecule has 1 amide bonds. The van der Waals surface area contributed by atoms with Crippen molar-refractivity contribution in [2.24, 2.45) is 5.10 Å². The van der Waals surface area contributed by atoms with Crippen LogP contribution in [0.15, 0.2) is 41.5 Å². The van der Waals surface area contributed by atoms with Crippen LogP contribution in [0.1, 0.15) is 18.1 Å². The lowest BCUT2D eigenvalue weighted by Crippen LogP contribution is -2.39. The molecule has 8 nitrogen and oxygen atoms in total. The fourth-order valence-electron chi connectivity index (χ4n) is 2.91. The maximum Gasteiger partial charge on any atom is 0.416 e. The number of carbonyl (C=O) groups excluding carboxylic acids is 1. The third-order valence-corrected chi connectivity index (χ3v) is 5.98. The molecule has 0 saturated heterocycles. The highest BCUT2D eigenvalue weighted by atomic mass is 35.5. The lowest BCUT2D eigenvalue weighted by molar-refractivity contribution is -0.137. The van der Waals surface area contributed by atoms with Crippen molar-refractivity contribution in [3.8, 4) is 11.5 Å². The number of benzene rings is 2. The first kappa shape index (κ1) is 24.6. The minimum absolute atomic E-state index is 0.266. The fourth-order valence-corrected chi connectivity index (χ4v) is 4.04. The van der Waals surface area contributed by atoms with Crippen LogP contribution >= 0.6 is 11.6 Å². The number of amides is 1. The first-order valence-electron chi connectivity index (χ1n) is 9.44. The van der Waals surface area contributed by atoms with E-state index in [0.29, 0.717) is 52.4 Å². The van der Waals surface area contributed by atoms with Gasteiger partial charge in [-0.1, -0.05) is 11.6 Å². The largest absolute Gasteiger partial charge is 0.486 e. The van der Waals surface area contributed by atoms with Gasteiger partial charge in [0.2, 0.25) is 10.0 Å². The van der Waals surface area contributed by atoms with Crippen molar-refractivity contribution in [3.05, 3.63) is 52.5 Å². The van der Waals surface area contributed by atoms with E-state index in [1.165, 1.54) is 0 Å². The van der Waals surface area contributed by atoms with Crippen molar-refractivity contribution < 1.29 is 35.9 Å². The SMILES string of the molecule is C/C(=N/NC(=O)CN(c1cc(C(F)(F)F)ccc1Cl)S(C)(=O)=O)c1ccc2c(c1)OCCO2. The molecule has 0 atom stereocenters. The number of fused-ring (bicyclic) bond motifs is 1. The number of hydrogen-bond acceptors (Lipinski definition) is 6. The normalized spacial score (nSPS) is 14.1. The Morgan fingerprint density at radius 1 is 1.15 bits per heavy atom. The maximum absolute atomic E-state index is 13.1. The highest BCUT2D eigenvalue weighted by molar-refractivity contribution is 7.92. The minimum Gasteiger partial charge on any atom is -0.486 e. The monoisotopic (exact) mass is 505 g/mol. The molecule has 3 rings (SSSR count). The van der Waals surface area contributed by atoms with Crippen LogP contribution in [0.2, 0.25) is 5.02 Å². The molecule has 1 aliphatic heterocycles. The average molecular weight is 506 g/mol. The second-order valence-corrected chi connectivity index (χ2v) is 9.34. The van der Waals surface area contributed by atoms with Crippen molar-refractivity contribution in [2.45, 2.75) is 13.1 Å². The summed E-state index contributed by atoms with van der Waals surface area (Å²) in [6.07, 6.45) is -3.98. The van der Waals surface area contributed by atoms with Crippen LogP contribution in [0.4, 0.5) is 18.9 Å². The highest BCUT2D eigenvalue weighted by Gasteiger charge is 2.33. The van der Waals surface area contributed by atoms with Gasteiger partial charge in [-0.15, -0.1) is 0 Å². The van der Waals surface area contributed by atoms with Gasteiger partial charge in [0, 0.05) is 5.56 Å². The summed E-state index contributed by atoms with van der Waals surface area (Å²) in [5.74, 6) is 0.205. The highest BCUT2D eigenvalue weighted by Crippen LogP contribution is 2.36. The van der Waals surface area contributed by atoms with Crippen molar-refractivity contribution in [1.82, 2.24) is 5.43 Å². The summed E-state index contributed by atoms with van der Waals surface area (Å²) in [5.41, 5.74) is 1.61. The Morgan fingerprint density at radius 3 is 2.45 bits per heavy atom. The lowest BCUT2D eigenvalue weighted by Gasteiger charge is -2.23. The van der Waals surface area contributed by atoms with Gasteiger partial charge in [-0.25, -0.2) is 13.8 Å². The molecule has 178 valence electrons. The third-order valence-electron chi connectivity index (χ3n) is 4.54. The Morgan fingerprint density at radius 2 is 1.82 bits per heavy atom. The van der Waals surface area contributed by atoms with Gasteiger partial charge in [0.1, 0.15) is 19.8 Å². The molecule has 0 unspecified atom stereocenters. The second kappa shape index (κ2) is 9.48. The zero-order chi connectivity index (χ0) is 24.4. The molecule has 13 heteroatoms. The molecule has 1 N–H and O–H groups in total. The summed E-state index contributed by atoms with van der Waals surface area (Å²) in [6, 6.07) is 7.26.